The number of carbonyl (C=O) groups excluding carboxylic acids is 2. The minimum atomic E-state index is -0.538. The number of benzene rings is 2. The average molecular weight is 354 g/mol. The van der Waals surface area contributed by atoms with E-state index in [2.05, 4.69) is 10.1 Å². The molecule has 7 heteroatoms. The number of esters is 1. The Bertz CT molecular complexity index is 714. The first-order valence-electron chi connectivity index (χ1n) is 6.55. The van der Waals surface area contributed by atoms with Gasteiger partial charge in [-0.2, -0.15) is 0 Å². The number of hydrogen-bond acceptors (Lipinski definition) is 4. The summed E-state index contributed by atoms with van der Waals surface area (Å²) in [5.41, 5.74) is 0.603. The summed E-state index contributed by atoms with van der Waals surface area (Å²) in [6.45, 7) is -0.258. The molecule has 23 heavy (non-hydrogen) atoms. The molecular formula is C16H13Cl2NO4. The van der Waals surface area contributed by atoms with Crippen molar-refractivity contribution in [3.63, 3.8) is 0 Å². The summed E-state index contributed by atoms with van der Waals surface area (Å²) < 4.78 is 9.99. The molecule has 1 N–H and O–H groups in total. The lowest BCUT2D eigenvalue weighted by Gasteiger charge is -2.10. The lowest BCUT2D eigenvalue weighted by molar-refractivity contribution is -0.118. The number of hydrogen-bond donors (Lipinski definition) is 1. The maximum absolute atomic E-state index is 12.0. The van der Waals surface area contributed by atoms with E-state index in [1.807, 2.05) is 0 Å². The van der Waals surface area contributed by atoms with Gasteiger partial charge in [0.15, 0.2) is 6.61 Å². The lowest BCUT2D eigenvalue weighted by atomic mass is 10.2. The van der Waals surface area contributed by atoms with Crippen LogP contribution in [0.15, 0.2) is 42.5 Å². The highest BCUT2D eigenvalue weighted by atomic mass is 35.5. The molecular weight excluding hydrogens is 341 g/mol. The van der Waals surface area contributed by atoms with E-state index in [1.165, 1.54) is 7.11 Å². The van der Waals surface area contributed by atoms with Crippen molar-refractivity contribution in [2.45, 2.75) is 0 Å². The Kier molecular flexibility index (Phi) is 5.84. The molecule has 0 aromatic heterocycles. The van der Waals surface area contributed by atoms with Crippen LogP contribution in [0, 0.1) is 0 Å². The minimum Gasteiger partial charge on any atom is -0.484 e. The van der Waals surface area contributed by atoms with Gasteiger partial charge in [-0.15, -0.1) is 0 Å². The van der Waals surface area contributed by atoms with Gasteiger partial charge in [-0.05, 0) is 30.3 Å². The van der Waals surface area contributed by atoms with Crippen LogP contribution < -0.4 is 10.1 Å². The average Bonchev–Trinajstić information content (AvgIpc) is 2.52. The van der Waals surface area contributed by atoms with Crippen molar-refractivity contribution in [2.24, 2.45) is 0 Å². The highest BCUT2D eigenvalue weighted by Gasteiger charge is 2.13. The number of carbonyl (C=O) groups is 2. The Labute approximate surface area is 143 Å². The molecule has 0 aliphatic heterocycles. The first kappa shape index (κ1) is 17.1. The molecule has 2 aromatic carbocycles. The van der Waals surface area contributed by atoms with E-state index in [0.29, 0.717) is 21.5 Å². The van der Waals surface area contributed by atoms with Crippen molar-refractivity contribution in [3.8, 4) is 5.75 Å². The summed E-state index contributed by atoms with van der Waals surface area (Å²) in [7, 11) is 1.27. The molecule has 0 saturated carbocycles. The second kappa shape index (κ2) is 7.85. The lowest BCUT2D eigenvalue weighted by Crippen LogP contribution is -2.21. The fourth-order valence-corrected chi connectivity index (χ4v) is 2.33. The van der Waals surface area contributed by atoms with Crippen molar-refractivity contribution in [1.29, 1.82) is 0 Å². The van der Waals surface area contributed by atoms with Gasteiger partial charge in [0.2, 0.25) is 0 Å². The van der Waals surface area contributed by atoms with E-state index in [-0.39, 0.29) is 12.2 Å². The molecule has 5 nitrogen and oxygen atoms in total. The third-order valence-corrected chi connectivity index (χ3v) is 3.25. The van der Waals surface area contributed by atoms with Gasteiger partial charge < -0.3 is 14.8 Å². The molecule has 0 atom stereocenters. The van der Waals surface area contributed by atoms with E-state index in [1.54, 1.807) is 42.5 Å². The van der Waals surface area contributed by atoms with Gasteiger partial charge >= 0.3 is 5.97 Å². The first-order valence-corrected chi connectivity index (χ1v) is 7.31. The highest BCUT2D eigenvalue weighted by molar-refractivity contribution is 6.34. The zero-order chi connectivity index (χ0) is 16.8. The van der Waals surface area contributed by atoms with Gasteiger partial charge in [0.05, 0.1) is 18.4 Å². The standard InChI is InChI=1S/C16H13Cl2NO4/c1-22-16(21)13-4-2-3-5-14(13)19-15(20)9-23-12-7-10(17)6-11(18)8-12/h2-8H,9H2,1H3,(H,19,20). The molecule has 0 aliphatic carbocycles. The number of ether oxygens (including phenoxy) is 2. The number of anilines is 1. The van der Waals surface area contributed by atoms with Gasteiger partial charge in [0.1, 0.15) is 5.75 Å². The maximum atomic E-state index is 12.0. The van der Waals surface area contributed by atoms with Gasteiger partial charge in [-0.25, -0.2) is 4.79 Å². The SMILES string of the molecule is COC(=O)c1ccccc1NC(=O)COc1cc(Cl)cc(Cl)c1. The van der Waals surface area contributed by atoms with Crippen molar-refractivity contribution < 1.29 is 19.1 Å². The summed E-state index contributed by atoms with van der Waals surface area (Å²) in [6, 6.07) is 11.2. The van der Waals surface area contributed by atoms with Crippen LogP contribution >= 0.6 is 23.2 Å². The zero-order valence-electron chi connectivity index (χ0n) is 12.1. The van der Waals surface area contributed by atoms with Crippen LogP contribution in [0.5, 0.6) is 5.75 Å². The van der Waals surface area contributed by atoms with E-state index in [4.69, 9.17) is 27.9 Å². The molecule has 0 spiro atoms. The molecule has 120 valence electrons. The van der Waals surface area contributed by atoms with E-state index in [9.17, 15) is 9.59 Å². The minimum absolute atomic E-state index is 0.258. The molecule has 0 unspecified atom stereocenters. The van der Waals surface area contributed by atoms with Crippen LogP contribution in [0.25, 0.3) is 0 Å². The van der Waals surface area contributed by atoms with E-state index >= 15 is 0 Å². The third-order valence-electron chi connectivity index (χ3n) is 2.81. The number of amides is 1. The van der Waals surface area contributed by atoms with Gasteiger partial charge in [-0.3, -0.25) is 4.79 Å². The summed E-state index contributed by atoms with van der Waals surface area (Å²) in [6.07, 6.45) is 0. The fourth-order valence-electron chi connectivity index (χ4n) is 1.83. The van der Waals surface area contributed by atoms with Crippen LogP contribution in [0.2, 0.25) is 10.0 Å². The van der Waals surface area contributed by atoms with E-state index < -0.39 is 11.9 Å². The molecule has 2 rings (SSSR count). The predicted molar refractivity (Wildman–Crippen MR) is 88.4 cm³/mol. The summed E-state index contributed by atoms with van der Waals surface area (Å²) in [5.74, 6) is -0.597. The topological polar surface area (TPSA) is 64.6 Å². The number of methoxy groups -OCH3 is 1. The number of para-hydroxylation sites is 1. The molecule has 2 aromatic rings. The maximum Gasteiger partial charge on any atom is 0.339 e. The van der Waals surface area contributed by atoms with Crippen LogP contribution in [-0.4, -0.2) is 25.6 Å². The molecule has 0 radical (unpaired) electrons. The van der Waals surface area contributed by atoms with E-state index in [0.717, 1.165) is 0 Å². The number of halogens is 2. The second-order valence-corrected chi connectivity index (χ2v) is 5.35. The Balaban J connectivity index is 2.01. The van der Waals surface area contributed by atoms with Crippen LogP contribution in [0.4, 0.5) is 5.69 Å². The monoisotopic (exact) mass is 353 g/mol. The first-order chi connectivity index (χ1) is 11.0. The van der Waals surface area contributed by atoms with Crippen LogP contribution in [0.3, 0.4) is 0 Å². The molecule has 0 saturated heterocycles. The highest BCUT2D eigenvalue weighted by Crippen LogP contribution is 2.24. The largest absolute Gasteiger partial charge is 0.484 e. The quantitative estimate of drug-likeness (QED) is 0.830. The Hall–Kier alpha value is -2.24. The molecule has 0 fully saturated rings. The second-order valence-electron chi connectivity index (χ2n) is 4.48. The number of rotatable bonds is 5. The van der Waals surface area contributed by atoms with Crippen molar-refractivity contribution in [2.75, 3.05) is 19.0 Å². The van der Waals surface area contributed by atoms with Crippen molar-refractivity contribution >= 4 is 40.8 Å². The molecule has 0 heterocycles. The molecule has 0 aliphatic rings. The Morgan fingerprint density at radius 1 is 1.09 bits per heavy atom. The summed E-state index contributed by atoms with van der Waals surface area (Å²) >= 11 is 11.7. The van der Waals surface area contributed by atoms with Gasteiger partial charge in [-0.1, -0.05) is 35.3 Å². The Morgan fingerprint density at radius 2 is 1.74 bits per heavy atom. The summed E-state index contributed by atoms with van der Waals surface area (Å²) in [4.78, 5) is 23.6. The van der Waals surface area contributed by atoms with Crippen LogP contribution in [-0.2, 0) is 9.53 Å². The van der Waals surface area contributed by atoms with Crippen LogP contribution in [0.1, 0.15) is 10.4 Å². The van der Waals surface area contributed by atoms with Gasteiger partial charge in [0, 0.05) is 10.0 Å². The van der Waals surface area contributed by atoms with Crippen molar-refractivity contribution in [1.82, 2.24) is 0 Å². The smallest absolute Gasteiger partial charge is 0.339 e. The summed E-state index contributed by atoms with van der Waals surface area (Å²) in [5, 5.41) is 3.41. The molecule has 0 bridgehead atoms. The van der Waals surface area contributed by atoms with Crippen molar-refractivity contribution in [3.05, 3.63) is 58.1 Å². The predicted octanol–water partition coefficient (Wildman–Crippen LogP) is 3.80. The molecule has 1 amide bonds. The number of nitrogens with one attached hydrogen (secondary N) is 1. The zero-order valence-corrected chi connectivity index (χ0v) is 13.6. The van der Waals surface area contributed by atoms with Gasteiger partial charge in [0.25, 0.3) is 5.91 Å². The third kappa shape index (κ3) is 4.87. The Morgan fingerprint density at radius 3 is 2.39 bits per heavy atom. The fraction of sp³-hybridized carbons (Fsp3) is 0.125. The normalized spacial score (nSPS) is 10.0.